The van der Waals surface area contributed by atoms with E-state index in [9.17, 15) is 0 Å². The zero-order valence-corrected chi connectivity index (χ0v) is 13.4. The Bertz CT molecular complexity index is 582. The molecule has 3 N–H and O–H groups in total. The van der Waals surface area contributed by atoms with Crippen molar-refractivity contribution in [1.29, 1.82) is 0 Å². The lowest BCUT2D eigenvalue weighted by molar-refractivity contribution is 0.550. The highest BCUT2D eigenvalue weighted by atomic mass is 15.2. The molecule has 0 amide bonds. The van der Waals surface area contributed by atoms with Crippen LogP contribution in [0.2, 0.25) is 0 Å². The van der Waals surface area contributed by atoms with Gasteiger partial charge in [-0.05, 0) is 47.6 Å². The lowest BCUT2D eigenvalue weighted by atomic mass is 9.86. The number of aromatic nitrogens is 1. The standard InChI is InChI=1S/C18H25N3/c1-13-11-15(9-10-20-13)17(21-19)12-14-5-7-16(8-6-14)18(2,3)4/h5-11,17,21H,12,19H2,1-4H3. The van der Waals surface area contributed by atoms with Crippen LogP contribution in [0.5, 0.6) is 0 Å². The van der Waals surface area contributed by atoms with Crippen LogP contribution >= 0.6 is 0 Å². The minimum absolute atomic E-state index is 0.104. The highest BCUT2D eigenvalue weighted by Crippen LogP contribution is 2.24. The number of aryl methyl sites for hydroxylation is 1. The molecule has 3 heteroatoms. The maximum atomic E-state index is 5.73. The van der Waals surface area contributed by atoms with Crippen molar-refractivity contribution in [3.63, 3.8) is 0 Å². The number of nitrogens with two attached hydrogens (primary N) is 1. The molecule has 1 aromatic heterocycles. The summed E-state index contributed by atoms with van der Waals surface area (Å²) >= 11 is 0. The van der Waals surface area contributed by atoms with Crippen molar-refractivity contribution in [2.45, 2.75) is 45.6 Å². The molecule has 0 radical (unpaired) electrons. The van der Waals surface area contributed by atoms with Crippen molar-refractivity contribution < 1.29 is 0 Å². The molecule has 0 saturated heterocycles. The first-order valence-corrected chi connectivity index (χ1v) is 7.38. The first-order chi connectivity index (χ1) is 9.90. The van der Waals surface area contributed by atoms with E-state index in [0.717, 1.165) is 12.1 Å². The Hall–Kier alpha value is -1.71. The summed E-state index contributed by atoms with van der Waals surface area (Å²) in [5.41, 5.74) is 7.91. The molecule has 0 spiro atoms. The Morgan fingerprint density at radius 1 is 1.14 bits per heavy atom. The Balaban J connectivity index is 2.15. The molecule has 1 unspecified atom stereocenters. The van der Waals surface area contributed by atoms with Gasteiger partial charge in [0.25, 0.3) is 0 Å². The van der Waals surface area contributed by atoms with E-state index >= 15 is 0 Å². The van der Waals surface area contributed by atoms with E-state index < -0.39 is 0 Å². The third-order valence-corrected chi connectivity index (χ3v) is 3.78. The van der Waals surface area contributed by atoms with Crippen molar-refractivity contribution in [2.24, 2.45) is 5.84 Å². The quantitative estimate of drug-likeness (QED) is 0.667. The Labute approximate surface area is 127 Å². The zero-order valence-electron chi connectivity index (χ0n) is 13.4. The molecule has 0 bridgehead atoms. The van der Waals surface area contributed by atoms with Gasteiger partial charge in [-0.1, -0.05) is 45.0 Å². The second-order valence-electron chi connectivity index (χ2n) is 6.60. The molecule has 0 aliphatic carbocycles. The third kappa shape index (κ3) is 4.13. The zero-order chi connectivity index (χ0) is 15.5. The Morgan fingerprint density at radius 2 is 1.81 bits per heavy atom. The van der Waals surface area contributed by atoms with Gasteiger partial charge in [0.15, 0.2) is 0 Å². The normalized spacial score (nSPS) is 13.2. The van der Waals surface area contributed by atoms with Crippen LogP contribution in [0.1, 0.15) is 49.2 Å². The largest absolute Gasteiger partial charge is 0.271 e. The van der Waals surface area contributed by atoms with Gasteiger partial charge in [-0.15, -0.1) is 0 Å². The van der Waals surface area contributed by atoms with E-state index in [0.29, 0.717) is 0 Å². The third-order valence-electron chi connectivity index (χ3n) is 3.78. The molecule has 1 heterocycles. The maximum absolute atomic E-state index is 5.73. The molecule has 112 valence electrons. The summed E-state index contributed by atoms with van der Waals surface area (Å²) in [4.78, 5) is 4.23. The fraction of sp³-hybridized carbons (Fsp3) is 0.389. The van der Waals surface area contributed by atoms with Crippen molar-refractivity contribution in [2.75, 3.05) is 0 Å². The molecule has 2 aromatic rings. The Morgan fingerprint density at radius 3 is 2.33 bits per heavy atom. The summed E-state index contributed by atoms with van der Waals surface area (Å²) in [6, 6.07) is 13.0. The van der Waals surface area contributed by atoms with E-state index in [4.69, 9.17) is 5.84 Å². The van der Waals surface area contributed by atoms with Gasteiger partial charge in [0.1, 0.15) is 0 Å². The molecular weight excluding hydrogens is 258 g/mol. The van der Waals surface area contributed by atoms with Gasteiger partial charge >= 0.3 is 0 Å². The van der Waals surface area contributed by atoms with Crippen LogP contribution in [-0.2, 0) is 11.8 Å². The van der Waals surface area contributed by atoms with Gasteiger partial charge in [0.2, 0.25) is 0 Å². The fourth-order valence-corrected chi connectivity index (χ4v) is 2.43. The van der Waals surface area contributed by atoms with Crippen LogP contribution in [0.15, 0.2) is 42.6 Å². The molecule has 21 heavy (non-hydrogen) atoms. The highest BCUT2D eigenvalue weighted by molar-refractivity contribution is 5.29. The maximum Gasteiger partial charge on any atom is 0.0501 e. The number of nitrogens with zero attached hydrogens (tertiary/aromatic N) is 1. The minimum atomic E-state index is 0.104. The lowest BCUT2D eigenvalue weighted by Crippen LogP contribution is -2.29. The van der Waals surface area contributed by atoms with Crippen LogP contribution in [0.25, 0.3) is 0 Å². The van der Waals surface area contributed by atoms with Crippen LogP contribution < -0.4 is 11.3 Å². The molecule has 0 fully saturated rings. The smallest absolute Gasteiger partial charge is 0.0501 e. The van der Waals surface area contributed by atoms with E-state index in [1.165, 1.54) is 16.7 Å². The first kappa shape index (κ1) is 15.7. The van der Waals surface area contributed by atoms with E-state index in [2.05, 4.69) is 61.5 Å². The van der Waals surface area contributed by atoms with Crippen molar-refractivity contribution in [3.05, 3.63) is 65.0 Å². The van der Waals surface area contributed by atoms with Gasteiger partial charge < -0.3 is 0 Å². The highest BCUT2D eigenvalue weighted by Gasteiger charge is 2.14. The summed E-state index contributed by atoms with van der Waals surface area (Å²) in [7, 11) is 0. The van der Waals surface area contributed by atoms with E-state index in [1.807, 2.05) is 19.2 Å². The first-order valence-electron chi connectivity index (χ1n) is 7.38. The van der Waals surface area contributed by atoms with Crippen molar-refractivity contribution in [3.8, 4) is 0 Å². The second-order valence-corrected chi connectivity index (χ2v) is 6.60. The number of nitrogens with one attached hydrogen (secondary N) is 1. The molecule has 1 atom stereocenters. The summed E-state index contributed by atoms with van der Waals surface area (Å²) in [5.74, 6) is 5.73. The number of benzene rings is 1. The van der Waals surface area contributed by atoms with Crippen LogP contribution in [-0.4, -0.2) is 4.98 Å². The van der Waals surface area contributed by atoms with Gasteiger partial charge in [-0.3, -0.25) is 16.3 Å². The van der Waals surface area contributed by atoms with Gasteiger partial charge in [-0.25, -0.2) is 0 Å². The van der Waals surface area contributed by atoms with E-state index in [1.54, 1.807) is 0 Å². The summed E-state index contributed by atoms with van der Waals surface area (Å²) in [6.45, 7) is 8.68. The summed E-state index contributed by atoms with van der Waals surface area (Å²) in [5, 5.41) is 0. The average Bonchev–Trinajstić information content (AvgIpc) is 2.44. The summed E-state index contributed by atoms with van der Waals surface area (Å²) in [6.07, 6.45) is 2.70. The molecule has 0 saturated carbocycles. The molecule has 3 nitrogen and oxygen atoms in total. The summed E-state index contributed by atoms with van der Waals surface area (Å²) < 4.78 is 0. The predicted octanol–water partition coefficient (Wildman–Crippen LogP) is 3.43. The minimum Gasteiger partial charge on any atom is -0.271 e. The number of rotatable bonds is 4. The number of hydrogen-bond donors (Lipinski definition) is 2. The van der Waals surface area contributed by atoms with Crippen LogP contribution in [0.3, 0.4) is 0 Å². The van der Waals surface area contributed by atoms with Gasteiger partial charge in [0.05, 0.1) is 6.04 Å². The molecule has 2 rings (SSSR count). The number of hydrazine groups is 1. The van der Waals surface area contributed by atoms with Gasteiger partial charge in [0, 0.05) is 11.9 Å². The molecule has 0 aliphatic rings. The number of hydrogen-bond acceptors (Lipinski definition) is 3. The number of pyridine rings is 1. The SMILES string of the molecule is Cc1cc(C(Cc2ccc(C(C)(C)C)cc2)NN)ccn1. The van der Waals surface area contributed by atoms with Gasteiger partial charge in [-0.2, -0.15) is 0 Å². The fourth-order valence-electron chi connectivity index (χ4n) is 2.43. The molecule has 0 aliphatic heterocycles. The second kappa shape index (κ2) is 6.37. The Kier molecular flexibility index (Phi) is 4.76. The molecule has 1 aromatic carbocycles. The molecular formula is C18H25N3. The van der Waals surface area contributed by atoms with Crippen molar-refractivity contribution in [1.82, 2.24) is 10.4 Å². The van der Waals surface area contributed by atoms with E-state index in [-0.39, 0.29) is 11.5 Å². The monoisotopic (exact) mass is 283 g/mol. The van der Waals surface area contributed by atoms with Crippen molar-refractivity contribution >= 4 is 0 Å². The van der Waals surface area contributed by atoms with Crippen LogP contribution in [0, 0.1) is 6.92 Å². The lowest BCUT2D eigenvalue weighted by Gasteiger charge is -2.20. The van der Waals surface area contributed by atoms with Crippen LogP contribution in [0.4, 0.5) is 0 Å². The predicted molar refractivity (Wildman–Crippen MR) is 87.9 cm³/mol. The average molecular weight is 283 g/mol. The topological polar surface area (TPSA) is 50.9 Å².